The third kappa shape index (κ3) is 5.22. The molecule has 0 aromatic rings. The van der Waals surface area contributed by atoms with Gasteiger partial charge in [0.1, 0.15) is 12.6 Å². The summed E-state index contributed by atoms with van der Waals surface area (Å²) < 4.78 is 0. The van der Waals surface area contributed by atoms with Crippen LogP contribution in [-0.2, 0) is 9.59 Å². The minimum atomic E-state index is -1.12. The summed E-state index contributed by atoms with van der Waals surface area (Å²) in [6.07, 6.45) is 0.762. The maximum absolute atomic E-state index is 12.0. The molecule has 3 N–H and O–H groups in total. The second-order valence-corrected chi connectivity index (χ2v) is 5.45. The van der Waals surface area contributed by atoms with Crippen molar-refractivity contribution in [2.24, 2.45) is 0 Å². The maximum Gasteiger partial charge on any atom is 0.328 e. The Morgan fingerprint density at radius 1 is 1.52 bits per heavy atom. The number of rotatable bonds is 6. The van der Waals surface area contributed by atoms with Crippen molar-refractivity contribution in [3.63, 3.8) is 0 Å². The van der Waals surface area contributed by atoms with Gasteiger partial charge in [0.25, 0.3) is 0 Å². The lowest BCUT2D eigenvalue weighted by Crippen LogP contribution is -2.61. The van der Waals surface area contributed by atoms with Crippen LogP contribution < -0.4 is 10.6 Å². The van der Waals surface area contributed by atoms with E-state index in [4.69, 9.17) is 5.11 Å². The van der Waals surface area contributed by atoms with Crippen LogP contribution in [0.25, 0.3) is 0 Å². The summed E-state index contributed by atoms with van der Waals surface area (Å²) in [6, 6.07) is -1.09. The molecule has 1 aliphatic rings. The number of carbonyl (C=O) groups excluding carboxylic acids is 2. The Kier molecular flexibility index (Phi) is 6.41. The van der Waals surface area contributed by atoms with Gasteiger partial charge in [0.05, 0.1) is 0 Å². The molecule has 0 saturated carbocycles. The Labute approximate surface area is 124 Å². The standard InChI is InChI=1S/C13H24N4O4/c1-9(2)16(3)6-4-5-14-13(21)17-8-11(18)15-7-10(17)12(19)20/h9-10H,4-8H2,1-3H3,(H,14,21)(H,15,18)(H,19,20). The molecule has 1 rings (SSSR count). The van der Waals surface area contributed by atoms with Gasteiger partial charge in [0.15, 0.2) is 0 Å². The first-order valence-electron chi connectivity index (χ1n) is 7.07. The number of hydrogen-bond acceptors (Lipinski definition) is 4. The van der Waals surface area contributed by atoms with Gasteiger partial charge in [-0.3, -0.25) is 9.69 Å². The molecule has 1 unspecified atom stereocenters. The molecule has 1 saturated heterocycles. The van der Waals surface area contributed by atoms with Gasteiger partial charge in [-0.15, -0.1) is 0 Å². The number of nitrogens with zero attached hydrogens (tertiary/aromatic N) is 2. The van der Waals surface area contributed by atoms with Crippen molar-refractivity contribution < 1.29 is 19.5 Å². The van der Waals surface area contributed by atoms with Gasteiger partial charge >= 0.3 is 12.0 Å². The van der Waals surface area contributed by atoms with E-state index in [2.05, 4.69) is 29.4 Å². The minimum Gasteiger partial charge on any atom is -0.480 e. The Hall–Kier alpha value is -1.83. The molecule has 1 heterocycles. The molecule has 1 atom stereocenters. The molecular weight excluding hydrogens is 276 g/mol. The molecule has 8 heteroatoms. The summed E-state index contributed by atoms with van der Waals surface area (Å²) in [4.78, 5) is 37.6. The van der Waals surface area contributed by atoms with Gasteiger partial charge in [-0.05, 0) is 33.9 Å². The van der Waals surface area contributed by atoms with E-state index in [1.807, 2.05) is 7.05 Å². The molecule has 120 valence electrons. The van der Waals surface area contributed by atoms with Crippen LogP contribution >= 0.6 is 0 Å². The monoisotopic (exact) mass is 300 g/mol. The minimum absolute atomic E-state index is 0.0579. The van der Waals surface area contributed by atoms with Crippen LogP contribution in [0.2, 0.25) is 0 Å². The Morgan fingerprint density at radius 3 is 2.76 bits per heavy atom. The number of hydrogen-bond donors (Lipinski definition) is 3. The largest absolute Gasteiger partial charge is 0.480 e. The van der Waals surface area contributed by atoms with E-state index in [0.29, 0.717) is 12.6 Å². The molecule has 1 fully saturated rings. The molecule has 0 radical (unpaired) electrons. The van der Waals surface area contributed by atoms with Gasteiger partial charge < -0.3 is 20.6 Å². The lowest BCUT2D eigenvalue weighted by molar-refractivity contribution is -0.144. The zero-order chi connectivity index (χ0) is 16.0. The van der Waals surface area contributed by atoms with Crippen LogP contribution in [0.3, 0.4) is 0 Å². The highest BCUT2D eigenvalue weighted by atomic mass is 16.4. The van der Waals surface area contributed by atoms with Gasteiger partial charge in [0, 0.05) is 19.1 Å². The van der Waals surface area contributed by atoms with Gasteiger partial charge in [-0.1, -0.05) is 0 Å². The molecule has 0 bridgehead atoms. The zero-order valence-corrected chi connectivity index (χ0v) is 12.8. The van der Waals surface area contributed by atoms with Crippen LogP contribution in [0.1, 0.15) is 20.3 Å². The smallest absolute Gasteiger partial charge is 0.328 e. The summed E-state index contributed by atoms with van der Waals surface area (Å²) in [6.45, 7) is 5.16. The first-order valence-corrected chi connectivity index (χ1v) is 7.07. The summed E-state index contributed by atoms with van der Waals surface area (Å²) in [5.41, 5.74) is 0. The van der Waals surface area contributed by atoms with Crippen molar-refractivity contribution in [3.05, 3.63) is 0 Å². The van der Waals surface area contributed by atoms with Crippen LogP contribution in [0, 0.1) is 0 Å². The van der Waals surface area contributed by atoms with Crippen LogP contribution in [0.4, 0.5) is 4.79 Å². The molecule has 0 aromatic carbocycles. The predicted molar refractivity (Wildman–Crippen MR) is 76.9 cm³/mol. The Morgan fingerprint density at radius 2 is 2.19 bits per heavy atom. The van der Waals surface area contributed by atoms with E-state index in [1.165, 1.54) is 0 Å². The molecular formula is C13H24N4O4. The second kappa shape index (κ2) is 7.82. The van der Waals surface area contributed by atoms with E-state index in [0.717, 1.165) is 17.9 Å². The second-order valence-electron chi connectivity index (χ2n) is 5.45. The van der Waals surface area contributed by atoms with Crippen molar-refractivity contribution in [2.45, 2.75) is 32.4 Å². The van der Waals surface area contributed by atoms with Gasteiger partial charge in [-0.25, -0.2) is 9.59 Å². The molecule has 3 amide bonds. The average molecular weight is 300 g/mol. The first-order chi connectivity index (χ1) is 9.82. The maximum atomic E-state index is 12.0. The average Bonchev–Trinajstić information content (AvgIpc) is 2.42. The number of piperazine rings is 1. The summed E-state index contributed by atoms with van der Waals surface area (Å²) in [5.74, 6) is -1.47. The molecule has 1 aliphatic heterocycles. The number of carboxylic acid groups (broad SMARTS) is 1. The van der Waals surface area contributed by atoms with Gasteiger partial charge in [0.2, 0.25) is 5.91 Å². The zero-order valence-electron chi connectivity index (χ0n) is 12.8. The SMILES string of the molecule is CC(C)N(C)CCCNC(=O)N1CC(=O)NCC1C(=O)O. The van der Waals surface area contributed by atoms with E-state index in [1.54, 1.807) is 0 Å². The van der Waals surface area contributed by atoms with Crippen molar-refractivity contribution in [3.8, 4) is 0 Å². The molecule has 8 nitrogen and oxygen atoms in total. The van der Waals surface area contributed by atoms with Crippen LogP contribution in [0.15, 0.2) is 0 Å². The van der Waals surface area contributed by atoms with E-state index < -0.39 is 18.0 Å². The molecule has 0 aliphatic carbocycles. The van der Waals surface area contributed by atoms with E-state index in [-0.39, 0.29) is 19.0 Å². The third-order valence-corrected chi connectivity index (χ3v) is 3.57. The van der Waals surface area contributed by atoms with E-state index in [9.17, 15) is 14.4 Å². The lowest BCUT2D eigenvalue weighted by atomic mass is 10.2. The Balaban J connectivity index is 2.41. The normalized spacial score (nSPS) is 18.8. The highest BCUT2D eigenvalue weighted by Crippen LogP contribution is 2.05. The van der Waals surface area contributed by atoms with Gasteiger partial charge in [-0.2, -0.15) is 0 Å². The van der Waals surface area contributed by atoms with E-state index >= 15 is 0 Å². The lowest BCUT2D eigenvalue weighted by Gasteiger charge is -2.32. The fourth-order valence-electron chi connectivity index (χ4n) is 1.96. The summed E-state index contributed by atoms with van der Waals surface area (Å²) in [7, 11) is 2.00. The van der Waals surface area contributed by atoms with Crippen molar-refractivity contribution in [1.82, 2.24) is 20.4 Å². The molecule has 0 aromatic heterocycles. The first kappa shape index (κ1) is 17.2. The topological polar surface area (TPSA) is 102 Å². The van der Waals surface area contributed by atoms with Crippen molar-refractivity contribution in [2.75, 3.05) is 33.2 Å². The quantitative estimate of drug-likeness (QED) is 0.564. The number of carbonyl (C=O) groups is 3. The van der Waals surface area contributed by atoms with Crippen LogP contribution in [-0.4, -0.2) is 78.1 Å². The summed E-state index contributed by atoms with van der Waals surface area (Å²) >= 11 is 0. The highest BCUT2D eigenvalue weighted by Gasteiger charge is 2.34. The molecule has 21 heavy (non-hydrogen) atoms. The highest BCUT2D eigenvalue weighted by molar-refractivity contribution is 5.90. The number of carboxylic acids is 1. The fourth-order valence-corrected chi connectivity index (χ4v) is 1.96. The number of urea groups is 1. The molecule has 0 spiro atoms. The number of aliphatic carboxylic acids is 1. The number of nitrogens with one attached hydrogen (secondary N) is 2. The predicted octanol–water partition coefficient (Wildman–Crippen LogP) is -0.689. The fraction of sp³-hybridized carbons (Fsp3) is 0.769. The van der Waals surface area contributed by atoms with Crippen molar-refractivity contribution in [1.29, 1.82) is 0 Å². The van der Waals surface area contributed by atoms with Crippen molar-refractivity contribution >= 4 is 17.9 Å². The number of amides is 3. The third-order valence-electron chi connectivity index (χ3n) is 3.57. The van der Waals surface area contributed by atoms with Crippen LogP contribution in [0.5, 0.6) is 0 Å². The Bertz CT molecular complexity index is 400. The summed E-state index contributed by atoms with van der Waals surface area (Å²) in [5, 5.41) is 14.2.